The molecule has 1 saturated heterocycles. The van der Waals surface area contributed by atoms with Crippen LogP contribution in [0, 0.1) is 0 Å². The molecule has 0 aliphatic carbocycles. The third-order valence-corrected chi connectivity index (χ3v) is 8.01. The van der Waals surface area contributed by atoms with E-state index in [1.165, 1.54) is 18.4 Å². The average Bonchev–Trinajstić information content (AvgIpc) is 3.46. The lowest BCUT2D eigenvalue weighted by molar-refractivity contribution is -0.143. The van der Waals surface area contributed by atoms with E-state index < -0.39 is 12.0 Å². The molecule has 2 unspecified atom stereocenters. The van der Waals surface area contributed by atoms with E-state index in [1.54, 1.807) is 12.3 Å². The summed E-state index contributed by atoms with van der Waals surface area (Å²) in [5.41, 5.74) is 4.35. The molecule has 2 aromatic heterocycles. The number of carbonyl (C=O) groups is 2. The Morgan fingerprint density at radius 1 is 1.05 bits per heavy atom. The highest BCUT2D eigenvalue weighted by molar-refractivity contribution is 7.17. The van der Waals surface area contributed by atoms with E-state index in [0.29, 0.717) is 22.1 Å². The van der Waals surface area contributed by atoms with Gasteiger partial charge in [-0.3, -0.25) is 4.79 Å². The fraction of sp³-hybridized carbons (Fsp3) is 0.250. The summed E-state index contributed by atoms with van der Waals surface area (Å²) in [5.74, 6) is -0.383. The fourth-order valence-corrected chi connectivity index (χ4v) is 5.99. The minimum atomic E-state index is -0.943. The van der Waals surface area contributed by atoms with Crippen molar-refractivity contribution in [3.8, 4) is 21.7 Å². The van der Waals surface area contributed by atoms with E-state index in [0.717, 1.165) is 34.5 Å². The van der Waals surface area contributed by atoms with Crippen molar-refractivity contribution in [2.75, 3.05) is 12.4 Å². The molecule has 3 N–H and O–H groups in total. The molecule has 5 rings (SSSR count). The Hall–Kier alpha value is -4.50. The number of anilines is 1. The highest BCUT2D eigenvalue weighted by Gasteiger charge is 2.30. The van der Waals surface area contributed by atoms with Crippen molar-refractivity contribution in [3.05, 3.63) is 102 Å². The molecule has 0 spiro atoms. The van der Waals surface area contributed by atoms with Crippen LogP contribution in [0.2, 0.25) is 0 Å². The first-order chi connectivity index (χ1) is 19.7. The quantitative estimate of drug-likeness (QED) is 0.225. The monoisotopic (exact) mass is 567 g/mol. The molecule has 2 aromatic carbocycles. The summed E-state index contributed by atoms with van der Waals surface area (Å²) >= 11 is 1.30. The number of aromatic nitrogens is 2. The van der Waals surface area contributed by atoms with Gasteiger partial charge < -0.3 is 20.7 Å². The maximum Gasteiger partial charge on any atom is 0.333 e. The zero-order valence-corrected chi connectivity index (χ0v) is 24.1. The van der Waals surface area contributed by atoms with Crippen molar-refractivity contribution in [2.24, 2.45) is 0 Å². The van der Waals surface area contributed by atoms with Crippen LogP contribution in [0.1, 0.15) is 48.0 Å². The molecule has 3 heterocycles. The molecule has 1 aliphatic heterocycles. The zero-order valence-electron chi connectivity index (χ0n) is 23.3. The first-order valence-electron chi connectivity index (χ1n) is 13.4. The number of methoxy groups -OCH3 is 1. The number of rotatable bonds is 8. The van der Waals surface area contributed by atoms with Crippen molar-refractivity contribution in [1.29, 1.82) is 0 Å². The van der Waals surface area contributed by atoms with Crippen LogP contribution in [0.15, 0.2) is 91.3 Å². The van der Waals surface area contributed by atoms with E-state index in [9.17, 15) is 9.59 Å². The molecule has 0 bridgehead atoms. The molecule has 210 valence electrons. The molecule has 9 heteroatoms. The first kappa shape index (κ1) is 28.0. The van der Waals surface area contributed by atoms with Gasteiger partial charge in [0.05, 0.1) is 22.6 Å². The van der Waals surface area contributed by atoms with Gasteiger partial charge in [0.2, 0.25) is 5.95 Å². The molecular weight excluding hydrogens is 534 g/mol. The number of nitrogens with zero attached hydrogens (tertiary/aromatic N) is 2. The standard InChI is InChI=1S/C32H33N5O3S/c1-20-18-24(19-32(2,3)37-20)34-31-33-17-16-25(35-31)26-14-15-27(41-26)29(38)36-28(30(39)40-4)23-12-10-22(11-13-23)21-8-6-5-7-9-21/h5-17,24,28,37H,1,18-19H2,2-4H3,(H,36,38)(H,33,34,35). The molecule has 0 radical (unpaired) electrons. The predicted molar refractivity (Wildman–Crippen MR) is 162 cm³/mol. The van der Waals surface area contributed by atoms with Crippen molar-refractivity contribution < 1.29 is 14.3 Å². The van der Waals surface area contributed by atoms with Gasteiger partial charge in [-0.1, -0.05) is 61.2 Å². The van der Waals surface area contributed by atoms with Crippen LogP contribution in [0.5, 0.6) is 0 Å². The van der Waals surface area contributed by atoms with Crippen LogP contribution < -0.4 is 16.0 Å². The summed E-state index contributed by atoms with van der Waals surface area (Å²) in [6.07, 6.45) is 3.40. The Morgan fingerprint density at radius 3 is 2.49 bits per heavy atom. The third kappa shape index (κ3) is 6.81. The van der Waals surface area contributed by atoms with Crippen LogP contribution >= 0.6 is 11.3 Å². The Kier molecular flexibility index (Phi) is 8.16. The van der Waals surface area contributed by atoms with Crippen LogP contribution in [-0.2, 0) is 9.53 Å². The largest absolute Gasteiger partial charge is 0.467 e. The fourth-order valence-electron chi connectivity index (χ4n) is 5.11. The number of nitrogens with one attached hydrogen (secondary N) is 3. The summed E-state index contributed by atoms with van der Waals surface area (Å²) in [4.78, 5) is 36.3. The normalized spacial score (nSPS) is 16.8. The summed E-state index contributed by atoms with van der Waals surface area (Å²) < 4.78 is 5.00. The summed E-state index contributed by atoms with van der Waals surface area (Å²) in [5, 5.41) is 9.70. The number of thiophene rings is 1. The Morgan fingerprint density at radius 2 is 1.78 bits per heavy atom. The Labute approximate surface area is 243 Å². The van der Waals surface area contributed by atoms with Crippen LogP contribution in [-0.4, -0.2) is 40.5 Å². The molecule has 41 heavy (non-hydrogen) atoms. The second-order valence-corrected chi connectivity index (χ2v) is 11.8. The van der Waals surface area contributed by atoms with Gasteiger partial charge >= 0.3 is 5.97 Å². The number of esters is 1. The topological polar surface area (TPSA) is 105 Å². The molecule has 1 fully saturated rings. The highest BCUT2D eigenvalue weighted by atomic mass is 32.1. The number of ether oxygens (including phenoxy) is 1. The smallest absolute Gasteiger partial charge is 0.333 e. The highest BCUT2D eigenvalue weighted by Crippen LogP contribution is 2.30. The summed E-state index contributed by atoms with van der Waals surface area (Å²) in [6.45, 7) is 8.39. The maximum absolute atomic E-state index is 13.2. The van der Waals surface area contributed by atoms with Gasteiger partial charge in [-0.05, 0) is 55.2 Å². The molecule has 8 nitrogen and oxygen atoms in total. The number of carbonyl (C=O) groups excluding carboxylic acids is 2. The molecular formula is C32H33N5O3S. The third-order valence-electron chi connectivity index (χ3n) is 6.90. The number of hydrogen-bond donors (Lipinski definition) is 3. The van der Waals surface area contributed by atoms with Crippen molar-refractivity contribution in [1.82, 2.24) is 20.6 Å². The Bertz CT molecular complexity index is 1550. The second kappa shape index (κ2) is 11.9. The first-order valence-corrected chi connectivity index (χ1v) is 14.2. The maximum atomic E-state index is 13.2. The predicted octanol–water partition coefficient (Wildman–Crippen LogP) is 5.97. The lowest BCUT2D eigenvalue weighted by Crippen LogP contribution is -2.48. The molecule has 2 atom stereocenters. The van der Waals surface area contributed by atoms with Crippen LogP contribution in [0.25, 0.3) is 21.7 Å². The van der Waals surface area contributed by atoms with Gasteiger partial charge in [0, 0.05) is 29.9 Å². The SMILES string of the molecule is C=C1CC(Nc2nccc(-c3ccc(C(=O)NC(C(=O)OC)c4ccc(-c5ccccc5)cc4)s3)n2)CC(C)(C)N1. The van der Waals surface area contributed by atoms with E-state index in [-0.39, 0.29) is 17.5 Å². The number of amides is 1. The van der Waals surface area contributed by atoms with Crippen molar-refractivity contribution >= 4 is 29.2 Å². The van der Waals surface area contributed by atoms with Crippen LogP contribution in [0.3, 0.4) is 0 Å². The van der Waals surface area contributed by atoms with Gasteiger partial charge in [0.25, 0.3) is 5.91 Å². The van der Waals surface area contributed by atoms with Gasteiger partial charge in [-0.25, -0.2) is 14.8 Å². The zero-order chi connectivity index (χ0) is 29.0. The average molecular weight is 568 g/mol. The molecule has 1 amide bonds. The second-order valence-electron chi connectivity index (χ2n) is 10.7. The lowest BCUT2D eigenvalue weighted by Gasteiger charge is -2.38. The van der Waals surface area contributed by atoms with Crippen LogP contribution in [0.4, 0.5) is 5.95 Å². The van der Waals surface area contributed by atoms with Gasteiger partial charge in [0.1, 0.15) is 0 Å². The lowest BCUT2D eigenvalue weighted by atomic mass is 9.88. The number of hydrogen-bond acceptors (Lipinski definition) is 8. The van der Waals surface area contributed by atoms with Gasteiger partial charge in [-0.2, -0.15) is 0 Å². The van der Waals surface area contributed by atoms with Crippen molar-refractivity contribution in [2.45, 2.75) is 44.3 Å². The van der Waals surface area contributed by atoms with E-state index in [1.807, 2.05) is 66.7 Å². The number of benzene rings is 2. The van der Waals surface area contributed by atoms with Gasteiger partial charge in [-0.15, -0.1) is 11.3 Å². The van der Waals surface area contributed by atoms with E-state index in [4.69, 9.17) is 9.72 Å². The molecule has 1 aliphatic rings. The van der Waals surface area contributed by atoms with Gasteiger partial charge in [0.15, 0.2) is 6.04 Å². The van der Waals surface area contributed by atoms with Crippen molar-refractivity contribution in [3.63, 3.8) is 0 Å². The summed E-state index contributed by atoms with van der Waals surface area (Å²) in [6, 6.07) is 22.1. The van der Waals surface area contributed by atoms with E-state index >= 15 is 0 Å². The molecule has 4 aromatic rings. The van der Waals surface area contributed by atoms with E-state index in [2.05, 4.69) is 41.4 Å². The molecule has 0 saturated carbocycles. The minimum absolute atomic E-state index is 0.0629. The number of piperidine rings is 1. The Balaban J connectivity index is 1.29. The minimum Gasteiger partial charge on any atom is -0.467 e. The summed E-state index contributed by atoms with van der Waals surface area (Å²) in [7, 11) is 1.31.